The number of carbonyl (C=O) groups excluding carboxylic acids is 1. The highest BCUT2D eigenvalue weighted by molar-refractivity contribution is 5.76. The van der Waals surface area contributed by atoms with Crippen molar-refractivity contribution in [3.8, 4) is 0 Å². The maximum atomic E-state index is 12.3. The summed E-state index contributed by atoms with van der Waals surface area (Å²) in [6.07, 6.45) is 5.56. The minimum absolute atomic E-state index is 0.148. The second-order valence-electron chi connectivity index (χ2n) is 6.24. The second kappa shape index (κ2) is 7.72. The number of aromatic amines is 1. The van der Waals surface area contributed by atoms with Crippen LogP contribution < -0.4 is 16.6 Å². The molecule has 1 atom stereocenters. The Balaban J connectivity index is 2.15. The van der Waals surface area contributed by atoms with E-state index in [-0.39, 0.29) is 18.5 Å². The van der Waals surface area contributed by atoms with Crippen LogP contribution in [0.15, 0.2) is 40.3 Å². The zero-order valence-electron chi connectivity index (χ0n) is 14.1. The third-order valence-electron chi connectivity index (χ3n) is 3.63. The van der Waals surface area contributed by atoms with E-state index in [0.717, 1.165) is 12.0 Å². The number of nitrogens with one attached hydrogen (secondary N) is 2. The van der Waals surface area contributed by atoms with Crippen LogP contribution in [0.25, 0.3) is 0 Å². The Hall–Kier alpha value is -2.70. The van der Waals surface area contributed by atoms with Crippen LogP contribution in [0.2, 0.25) is 0 Å². The summed E-state index contributed by atoms with van der Waals surface area (Å²) in [5.41, 5.74) is 0.269. The van der Waals surface area contributed by atoms with Crippen LogP contribution >= 0.6 is 0 Å². The van der Waals surface area contributed by atoms with Gasteiger partial charge < -0.3 is 5.32 Å². The molecule has 0 saturated carbocycles. The van der Waals surface area contributed by atoms with Crippen LogP contribution in [0.1, 0.15) is 37.4 Å². The third kappa shape index (κ3) is 4.65. The number of carbonyl (C=O) groups is 1. The SMILES string of the molecule is Cc1cn(CC(=O)NC(CC(C)C)c2cccnc2)c(=O)[nH]c1=O. The van der Waals surface area contributed by atoms with Crippen molar-refractivity contribution < 1.29 is 4.79 Å². The summed E-state index contributed by atoms with van der Waals surface area (Å²) in [6.45, 7) is 5.59. The molecule has 0 bridgehead atoms. The van der Waals surface area contributed by atoms with Gasteiger partial charge in [-0.2, -0.15) is 0 Å². The maximum absolute atomic E-state index is 12.3. The van der Waals surface area contributed by atoms with E-state index in [1.165, 1.54) is 10.8 Å². The van der Waals surface area contributed by atoms with Gasteiger partial charge in [0, 0.05) is 24.2 Å². The fourth-order valence-electron chi connectivity index (χ4n) is 2.46. The molecule has 128 valence electrons. The van der Waals surface area contributed by atoms with Gasteiger partial charge in [0.1, 0.15) is 6.54 Å². The summed E-state index contributed by atoms with van der Waals surface area (Å²) in [5, 5.41) is 2.94. The molecule has 1 unspecified atom stereocenters. The molecule has 0 radical (unpaired) electrons. The first-order valence-corrected chi connectivity index (χ1v) is 7.86. The number of rotatable bonds is 6. The third-order valence-corrected chi connectivity index (χ3v) is 3.63. The molecule has 0 aromatic carbocycles. The zero-order valence-corrected chi connectivity index (χ0v) is 14.1. The molecular weight excluding hydrogens is 308 g/mol. The quantitative estimate of drug-likeness (QED) is 0.830. The van der Waals surface area contributed by atoms with Crippen molar-refractivity contribution >= 4 is 5.91 Å². The zero-order chi connectivity index (χ0) is 17.7. The van der Waals surface area contributed by atoms with Gasteiger partial charge in [0.2, 0.25) is 5.91 Å². The van der Waals surface area contributed by atoms with Crippen LogP contribution in [0, 0.1) is 12.8 Å². The fourth-order valence-corrected chi connectivity index (χ4v) is 2.46. The molecule has 7 heteroatoms. The number of pyridine rings is 1. The maximum Gasteiger partial charge on any atom is 0.328 e. The molecule has 0 fully saturated rings. The standard InChI is InChI=1S/C17H22N4O3/c1-11(2)7-14(13-5-4-6-18-8-13)19-15(22)10-21-9-12(3)16(23)20-17(21)24/h4-6,8-9,11,14H,7,10H2,1-3H3,(H,19,22)(H,20,23,24). The minimum Gasteiger partial charge on any atom is -0.348 e. The predicted octanol–water partition coefficient (Wildman–Crippen LogP) is 1.14. The summed E-state index contributed by atoms with van der Waals surface area (Å²) < 4.78 is 1.20. The summed E-state index contributed by atoms with van der Waals surface area (Å²) in [6, 6.07) is 3.56. The molecule has 2 rings (SSSR count). The van der Waals surface area contributed by atoms with E-state index in [4.69, 9.17) is 0 Å². The lowest BCUT2D eigenvalue weighted by atomic mass is 9.98. The second-order valence-corrected chi connectivity index (χ2v) is 6.24. The highest BCUT2D eigenvalue weighted by atomic mass is 16.2. The molecular formula is C17H22N4O3. The average Bonchev–Trinajstić information content (AvgIpc) is 2.52. The molecule has 24 heavy (non-hydrogen) atoms. The van der Waals surface area contributed by atoms with Crippen molar-refractivity contribution in [3.05, 3.63) is 62.7 Å². The van der Waals surface area contributed by atoms with Gasteiger partial charge in [-0.25, -0.2) is 4.79 Å². The molecule has 2 aromatic heterocycles. The number of nitrogens with zero attached hydrogens (tertiary/aromatic N) is 2. The van der Waals surface area contributed by atoms with Crippen LogP contribution in [0.4, 0.5) is 0 Å². The van der Waals surface area contributed by atoms with E-state index in [0.29, 0.717) is 11.5 Å². The number of amides is 1. The Kier molecular flexibility index (Phi) is 5.68. The summed E-state index contributed by atoms with van der Waals surface area (Å²) in [7, 11) is 0. The van der Waals surface area contributed by atoms with E-state index in [9.17, 15) is 14.4 Å². The van der Waals surface area contributed by atoms with E-state index < -0.39 is 11.2 Å². The first-order valence-electron chi connectivity index (χ1n) is 7.86. The van der Waals surface area contributed by atoms with Crippen molar-refractivity contribution in [1.82, 2.24) is 19.9 Å². The molecule has 2 heterocycles. The van der Waals surface area contributed by atoms with Gasteiger partial charge in [-0.05, 0) is 30.9 Å². The monoisotopic (exact) mass is 330 g/mol. The Morgan fingerprint density at radius 2 is 2.12 bits per heavy atom. The topological polar surface area (TPSA) is 96.8 Å². The lowest BCUT2D eigenvalue weighted by Crippen LogP contribution is -2.38. The van der Waals surface area contributed by atoms with Crippen LogP contribution in [-0.2, 0) is 11.3 Å². The van der Waals surface area contributed by atoms with E-state index >= 15 is 0 Å². The molecule has 0 aliphatic carbocycles. The van der Waals surface area contributed by atoms with Crippen molar-refractivity contribution in [2.45, 2.75) is 39.8 Å². The molecule has 2 aromatic rings. The minimum atomic E-state index is -0.595. The average molecular weight is 330 g/mol. The highest BCUT2D eigenvalue weighted by Gasteiger charge is 2.17. The number of H-pyrrole nitrogens is 1. The van der Waals surface area contributed by atoms with Gasteiger partial charge in [-0.3, -0.25) is 24.1 Å². The number of hydrogen-bond donors (Lipinski definition) is 2. The van der Waals surface area contributed by atoms with Gasteiger partial charge in [0.05, 0.1) is 6.04 Å². The summed E-state index contributed by atoms with van der Waals surface area (Å²) in [5.74, 6) is 0.0894. The lowest BCUT2D eigenvalue weighted by Gasteiger charge is -2.21. The molecule has 0 aliphatic rings. The van der Waals surface area contributed by atoms with Gasteiger partial charge in [-0.1, -0.05) is 19.9 Å². The number of aromatic nitrogens is 3. The smallest absolute Gasteiger partial charge is 0.328 e. The van der Waals surface area contributed by atoms with Crippen LogP contribution in [0.5, 0.6) is 0 Å². The molecule has 1 amide bonds. The van der Waals surface area contributed by atoms with Crippen LogP contribution in [0.3, 0.4) is 0 Å². The largest absolute Gasteiger partial charge is 0.348 e. The van der Waals surface area contributed by atoms with Crippen molar-refractivity contribution in [2.75, 3.05) is 0 Å². The van der Waals surface area contributed by atoms with E-state index in [1.807, 2.05) is 12.1 Å². The lowest BCUT2D eigenvalue weighted by molar-refractivity contribution is -0.122. The van der Waals surface area contributed by atoms with Gasteiger partial charge in [0.15, 0.2) is 0 Å². The molecule has 2 N–H and O–H groups in total. The van der Waals surface area contributed by atoms with Gasteiger partial charge in [-0.15, -0.1) is 0 Å². The molecule has 0 saturated heterocycles. The Bertz CT molecular complexity index is 809. The molecule has 0 aliphatic heterocycles. The predicted molar refractivity (Wildman–Crippen MR) is 90.6 cm³/mol. The Morgan fingerprint density at radius 3 is 2.75 bits per heavy atom. The first-order chi connectivity index (χ1) is 11.4. The Labute approximate surface area is 139 Å². The number of aryl methyl sites for hydroxylation is 1. The van der Waals surface area contributed by atoms with E-state index in [1.54, 1.807) is 19.3 Å². The first kappa shape index (κ1) is 17.7. The highest BCUT2D eigenvalue weighted by Crippen LogP contribution is 2.20. The number of hydrogen-bond acceptors (Lipinski definition) is 4. The van der Waals surface area contributed by atoms with Crippen molar-refractivity contribution in [3.63, 3.8) is 0 Å². The van der Waals surface area contributed by atoms with Crippen molar-refractivity contribution in [1.29, 1.82) is 0 Å². The molecule has 0 spiro atoms. The fraction of sp³-hybridized carbons (Fsp3) is 0.412. The van der Waals surface area contributed by atoms with Gasteiger partial charge >= 0.3 is 5.69 Å². The van der Waals surface area contributed by atoms with Crippen molar-refractivity contribution in [2.24, 2.45) is 5.92 Å². The van der Waals surface area contributed by atoms with Gasteiger partial charge in [0.25, 0.3) is 5.56 Å². The summed E-state index contributed by atoms with van der Waals surface area (Å²) >= 11 is 0. The summed E-state index contributed by atoms with van der Waals surface area (Å²) in [4.78, 5) is 41.8. The Morgan fingerprint density at radius 1 is 1.38 bits per heavy atom. The molecule has 7 nitrogen and oxygen atoms in total. The van der Waals surface area contributed by atoms with Crippen LogP contribution in [-0.4, -0.2) is 20.4 Å². The normalized spacial score (nSPS) is 12.2. The van der Waals surface area contributed by atoms with E-state index in [2.05, 4.69) is 29.1 Å².